The Morgan fingerprint density at radius 3 is 2.88 bits per heavy atom. The molecule has 0 amide bonds. The van der Waals surface area contributed by atoms with Gasteiger partial charge in [0.15, 0.2) is 0 Å². The van der Waals surface area contributed by atoms with Crippen molar-refractivity contribution in [3.63, 3.8) is 0 Å². The topological polar surface area (TPSA) is 35.2 Å². The predicted octanol–water partition coefficient (Wildman–Crippen LogP) is 2.51. The Balaban J connectivity index is 2.00. The molecule has 0 unspecified atom stereocenters. The van der Waals surface area contributed by atoms with Crippen molar-refractivity contribution in [1.82, 2.24) is 0 Å². The van der Waals surface area contributed by atoms with Gasteiger partial charge in [-0.05, 0) is 61.9 Å². The molecule has 0 heterocycles. The lowest BCUT2D eigenvalue weighted by Gasteiger charge is -2.11. The van der Waals surface area contributed by atoms with Gasteiger partial charge in [0.25, 0.3) is 0 Å². The molecule has 1 aliphatic rings. The van der Waals surface area contributed by atoms with Gasteiger partial charge in [-0.1, -0.05) is 0 Å². The minimum Gasteiger partial charge on any atom is -0.493 e. The van der Waals surface area contributed by atoms with Crippen LogP contribution in [0, 0.1) is 11.7 Å². The summed E-state index contributed by atoms with van der Waals surface area (Å²) in [6, 6.07) is 4.73. The van der Waals surface area contributed by atoms with E-state index in [4.69, 9.17) is 10.5 Å². The van der Waals surface area contributed by atoms with E-state index in [1.165, 1.54) is 18.9 Å². The Hall–Kier alpha value is -1.09. The van der Waals surface area contributed by atoms with Crippen molar-refractivity contribution in [3.8, 4) is 5.75 Å². The first-order valence-corrected chi connectivity index (χ1v) is 5.91. The quantitative estimate of drug-likeness (QED) is 0.804. The van der Waals surface area contributed by atoms with Crippen molar-refractivity contribution >= 4 is 0 Å². The van der Waals surface area contributed by atoms with Gasteiger partial charge in [-0.2, -0.15) is 0 Å². The molecule has 2 N–H and O–H groups in total. The monoisotopic (exact) mass is 223 g/mol. The third-order valence-corrected chi connectivity index (χ3v) is 2.84. The van der Waals surface area contributed by atoms with E-state index in [0.29, 0.717) is 12.5 Å². The predicted molar refractivity (Wildman–Crippen MR) is 62.0 cm³/mol. The van der Waals surface area contributed by atoms with Crippen molar-refractivity contribution in [1.29, 1.82) is 0 Å². The zero-order chi connectivity index (χ0) is 11.4. The lowest BCUT2D eigenvalue weighted by atomic mass is 10.1. The minimum absolute atomic E-state index is 0.203. The summed E-state index contributed by atoms with van der Waals surface area (Å²) in [6.45, 7) is 1.39. The van der Waals surface area contributed by atoms with Crippen LogP contribution in [0.1, 0.15) is 24.8 Å². The van der Waals surface area contributed by atoms with E-state index in [-0.39, 0.29) is 5.82 Å². The molecule has 0 bridgehead atoms. The second-order valence-electron chi connectivity index (χ2n) is 4.40. The van der Waals surface area contributed by atoms with Crippen LogP contribution in [0.5, 0.6) is 5.75 Å². The molecule has 2 nitrogen and oxygen atoms in total. The van der Waals surface area contributed by atoms with E-state index in [1.807, 2.05) is 0 Å². The van der Waals surface area contributed by atoms with Gasteiger partial charge >= 0.3 is 0 Å². The van der Waals surface area contributed by atoms with Crippen LogP contribution in [0.3, 0.4) is 0 Å². The number of halogens is 1. The summed E-state index contributed by atoms with van der Waals surface area (Å²) in [4.78, 5) is 0. The maximum atomic E-state index is 13.1. The summed E-state index contributed by atoms with van der Waals surface area (Å²) in [5, 5.41) is 0. The van der Waals surface area contributed by atoms with E-state index in [2.05, 4.69) is 0 Å². The summed E-state index contributed by atoms with van der Waals surface area (Å²) in [6.07, 6.45) is 4.18. The fourth-order valence-corrected chi connectivity index (χ4v) is 1.67. The fraction of sp³-hybridized carbons (Fsp3) is 0.538. The van der Waals surface area contributed by atoms with E-state index in [1.54, 1.807) is 12.1 Å². The first-order chi connectivity index (χ1) is 7.79. The average molecular weight is 223 g/mol. The minimum atomic E-state index is -0.203. The number of hydrogen-bond donors (Lipinski definition) is 1. The van der Waals surface area contributed by atoms with Crippen LogP contribution in [0.2, 0.25) is 0 Å². The second-order valence-corrected chi connectivity index (χ2v) is 4.40. The molecular formula is C13H18FNO. The Morgan fingerprint density at radius 2 is 2.19 bits per heavy atom. The first-order valence-electron chi connectivity index (χ1n) is 5.91. The molecule has 0 spiro atoms. The lowest BCUT2D eigenvalue weighted by molar-refractivity contribution is 0.296. The van der Waals surface area contributed by atoms with Crippen LogP contribution >= 0.6 is 0 Å². The normalized spacial score (nSPS) is 15.1. The number of nitrogens with two attached hydrogens (primary N) is 1. The molecule has 1 fully saturated rings. The van der Waals surface area contributed by atoms with Gasteiger partial charge in [0.05, 0.1) is 6.61 Å². The molecule has 88 valence electrons. The number of ether oxygens (including phenoxy) is 1. The van der Waals surface area contributed by atoms with Crippen LogP contribution < -0.4 is 10.5 Å². The van der Waals surface area contributed by atoms with Crippen LogP contribution in [0.15, 0.2) is 18.2 Å². The number of benzene rings is 1. The Kier molecular flexibility index (Phi) is 3.78. The van der Waals surface area contributed by atoms with Gasteiger partial charge in [-0.3, -0.25) is 0 Å². The standard InChI is InChI=1S/C13H18FNO/c14-12-5-6-13(16-9-10-3-4-10)11(8-12)2-1-7-15/h5-6,8,10H,1-4,7,9,15H2. The molecule has 1 aromatic rings. The molecule has 16 heavy (non-hydrogen) atoms. The lowest BCUT2D eigenvalue weighted by Crippen LogP contribution is -2.05. The van der Waals surface area contributed by atoms with E-state index >= 15 is 0 Å². The zero-order valence-electron chi connectivity index (χ0n) is 9.42. The SMILES string of the molecule is NCCCc1cc(F)ccc1OCC1CC1. The van der Waals surface area contributed by atoms with E-state index < -0.39 is 0 Å². The van der Waals surface area contributed by atoms with Gasteiger partial charge in [0, 0.05) is 0 Å². The summed E-state index contributed by atoms with van der Waals surface area (Å²) in [5.41, 5.74) is 6.40. The van der Waals surface area contributed by atoms with E-state index in [9.17, 15) is 4.39 Å². The van der Waals surface area contributed by atoms with Crippen molar-refractivity contribution < 1.29 is 9.13 Å². The number of aryl methyl sites for hydroxylation is 1. The fourth-order valence-electron chi connectivity index (χ4n) is 1.67. The van der Waals surface area contributed by atoms with Crippen LogP contribution in [0.25, 0.3) is 0 Å². The Bertz CT molecular complexity index is 350. The number of hydrogen-bond acceptors (Lipinski definition) is 2. The molecule has 2 rings (SSSR count). The van der Waals surface area contributed by atoms with Crippen LogP contribution in [0.4, 0.5) is 4.39 Å². The van der Waals surface area contributed by atoms with Crippen molar-refractivity contribution in [2.45, 2.75) is 25.7 Å². The maximum absolute atomic E-state index is 13.1. The van der Waals surface area contributed by atoms with Crippen molar-refractivity contribution in [2.75, 3.05) is 13.2 Å². The summed E-state index contributed by atoms with van der Waals surface area (Å²) in [7, 11) is 0. The zero-order valence-corrected chi connectivity index (χ0v) is 9.42. The summed E-state index contributed by atoms with van der Waals surface area (Å²) >= 11 is 0. The van der Waals surface area contributed by atoms with Crippen LogP contribution in [-0.2, 0) is 6.42 Å². The molecule has 1 aliphatic carbocycles. The highest BCUT2D eigenvalue weighted by Gasteiger charge is 2.22. The second kappa shape index (κ2) is 5.30. The molecule has 0 radical (unpaired) electrons. The smallest absolute Gasteiger partial charge is 0.123 e. The van der Waals surface area contributed by atoms with Gasteiger partial charge in [-0.15, -0.1) is 0 Å². The van der Waals surface area contributed by atoms with Gasteiger partial charge in [-0.25, -0.2) is 4.39 Å². The maximum Gasteiger partial charge on any atom is 0.123 e. The average Bonchev–Trinajstić information content (AvgIpc) is 3.09. The molecule has 3 heteroatoms. The van der Waals surface area contributed by atoms with Crippen LogP contribution in [-0.4, -0.2) is 13.2 Å². The molecule has 1 saturated carbocycles. The van der Waals surface area contributed by atoms with Gasteiger partial charge in [0.2, 0.25) is 0 Å². The Labute approximate surface area is 95.6 Å². The largest absolute Gasteiger partial charge is 0.493 e. The van der Waals surface area contributed by atoms with E-state index in [0.717, 1.165) is 30.8 Å². The summed E-state index contributed by atoms with van der Waals surface area (Å²) < 4.78 is 18.8. The molecule has 0 aromatic heterocycles. The highest BCUT2D eigenvalue weighted by atomic mass is 19.1. The number of rotatable bonds is 6. The van der Waals surface area contributed by atoms with Crippen molar-refractivity contribution in [2.24, 2.45) is 11.7 Å². The van der Waals surface area contributed by atoms with Gasteiger partial charge in [0.1, 0.15) is 11.6 Å². The molecule has 0 atom stereocenters. The van der Waals surface area contributed by atoms with Gasteiger partial charge < -0.3 is 10.5 Å². The first kappa shape index (κ1) is 11.4. The Morgan fingerprint density at radius 1 is 1.38 bits per heavy atom. The molecular weight excluding hydrogens is 205 g/mol. The third kappa shape index (κ3) is 3.20. The third-order valence-electron chi connectivity index (χ3n) is 2.84. The molecule has 1 aromatic carbocycles. The van der Waals surface area contributed by atoms with Crippen molar-refractivity contribution in [3.05, 3.63) is 29.6 Å². The highest BCUT2D eigenvalue weighted by Crippen LogP contribution is 2.30. The highest BCUT2D eigenvalue weighted by molar-refractivity contribution is 5.34. The molecule has 0 aliphatic heterocycles. The summed E-state index contributed by atoms with van der Waals surface area (Å²) in [5.74, 6) is 1.33. The molecule has 0 saturated heterocycles.